The van der Waals surface area contributed by atoms with Crippen LogP contribution >= 0.6 is 0 Å². The van der Waals surface area contributed by atoms with Crippen molar-refractivity contribution in [3.05, 3.63) is 54.6 Å². The second kappa shape index (κ2) is 9.01. The van der Waals surface area contributed by atoms with E-state index in [-0.39, 0.29) is 29.1 Å². The summed E-state index contributed by atoms with van der Waals surface area (Å²) >= 11 is 0. The predicted octanol–water partition coefficient (Wildman–Crippen LogP) is 3.05. The first-order valence-electron chi connectivity index (χ1n) is 8.96. The molecule has 3 rings (SSSR count). The van der Waals surface area contributed by atoms with Crippen molar-refractivity contribution in [1.82, 2.24) is 0 Å². The quantitative estimate of drug-likeness (QED) is 0.750. The number of benzene rings is 2. The second-order valence-electron chi connectivity index (χ2n) is 6.37. The Morgan fingerprint density at radius 1 is 1.11 bits per heavy atom. The van der Waals surface area contributed by atoms with Crippen LogP contribution in [0, 0.1) is 0 Å². The molecule has 1 unspecified atom stereocenters. The Kier molecular flexibility index (Phi) is 6.47. The number of anilines is 1. The number of sulfone groups is 1. The summed E-state index contributed by atoms with van der Waals surface area (Å²) in [4.78, 5) is 12.5. The first-order chi connectivity index (χ1) is 13.0. The van der Waals surface area contributed by atoms with Crippen molar-refractivity contribution in [2.24, 2.45) is 0 Å². The largest absolute Gasteiger partial charge is 0.489 e. The monoisotopic (exact) mass is 389 g/mol. The molecule has 0 aromatic heterocycles. The predicted molar refractivity (Wildman–Crippen MR) is 103 cm³/mol. The van der Waals surface area contributed by atoms with Crippen LogP contribution in [0.5, 0.6) is 5.75 Å². The van der Waals surface area contributed by atoms with Gasteiger partial charge in [0.1, 0.15) is 12.4 Å². The molecule has 0 aliphatic carbocycles. The number of hydrogen-bond donors (Lipinski definition) is 1. The van der Waals surface area contributed by atoms with Gasteiger partial charge >= 0.3 is 0 Å². The molecule has 7 heteroatoms. The van der Waals surface area contributed by atoms with Crippen LogP contribution in [0.3, 0.4) is 0 Å². The lowest BCUT2D eigenvalue weighted by atomic mass is 10.2. The summed E-state index contributed by atoms with van der Waals surface area (Å²) < 4.78 is 35.9. The maximum Gasteiger partial charge on any atom is 0.225 e. The molecule has 1 saturated heterocycles. The average Bonchev–Trinajstić information content (AvgIpc) is 3.20. The number of amides is 1. The minimum atomic E-state index is -3.49. The fourth-order valence-corrected chi connectivity index (χ4v) is 4.10. The van der Waals surface area contributed by atoms with Gasteiger partial charge in [0.05, 0.1) is 22.4 Å². The van der Waals surface area contributed by atoms with Gasteiger partial charge < -0.3 is 14.8 Å². The summed E-state index contributed by atoms with van der Waals surface area (Å²) in [5.74, 6) is -0.0724. The molecule has 1 N–H and O–H groups in total. The molecular weight excluding hydrogens is 366 g/mol. The number of carbonyl (C=O) groups is 1. The summed E-state index contributed by atoms with van der Waals surface area (Å²) in [6.45, 7) is 1.18. The van der Waals surface area contributed by atoms with Crippen molar-refractivity contribution < 1.29 is 22.7 Å². The number of hydrogen-bond acceptors (Lipinski definition) is 5. The van der Waals surface area contributed by atoms with Gasteiger partial charge in [0.25, 0.3) is 0 Å². The molecule has 1 atom stereocenters. The minimum Gasteiger partial charge on any atom is -0.489 e. The number of rotatable bonds is 8. The molecule has 2 aromatic rings. The third kappa shape index (κ3) is 5.55. The van der Waals surface area contributed by atoms with Gasteiger partial charge in [0.2, 0.25) is 5.91 Å². The zero-order valence-corrected chi connectivity index (χ0v) is 15.8. The molecule has 27 heavy (non-hydrogen) atoms. The van der Waals surface area contributed by atoms with E-state index in [1.807, 2.05) is 6.07 Å². The van der Waals surface area contributed by atoms with Gasteiger partial charge in [-0.3, -0.25) is 4.79 Å². The van der Waals surface area contributed by atoms with Crippen LogP contribution in [-0.2, 0) is 19.4 Å². The van der Waals surface area contributed by atoms with E-state index in [0.29, 0.717) is 18.0 Å². The number of nitrogens with one attached hydrogen (secondary N) is 1. The summed E-state index contributed by atoms with van der Waals surface area (Å²) in [6.07, 6.45) is 1.94. The van der Waals surface area contributed by atoms with Gasteiger partial charge in [-0.2, -0.15) is 0 Å². The smallest absolute Gasteiger partial charge is 0.225 e. The Balaban J connectivity index is 1.56. The van der Waals surface area contributed by atoms with Crippen LogP contribution in [0.15, 0.2) is 59.5 Å². The third-order valence-electron chi connectivity index (χ3n) is 4.31. The summed E-state index contributed by atoms with van der Waals surface area (Å²) in [5, 5.41) is 2.74. The van der Waals surface area contributed by atoms with E-state index in [4.69, 9.17) is 9.47 Å². The van der Waals surface area contributed by atoms with Crippen LogP contribution in [-0.4, -0.2) is 39.4 Å². The first-order valence-corrected chi connectivity index (χ1v) is 10.6. The van der Waals surface area contributed by atoms with Crippen molar-refractivity contribution in [3.63, 3.8) is 0 Å². The highest BCUT2D eigenvalue weighted by Crippen LogP contribution is 2.25. The zero-order valence-electron chi connectivity index (χ0n) is 15.0. The number of ether oxygens (including phenoxy) is 2. The van der Waals surface area contributed by atoms with Gasteiger partial charge in [-0.1, -0.05) is 30.3 Å². The fraction of sp³-hybridized carbons (Fsp3) is 0.350. The van der Waals surface area contributed by atoms with Crippen molar-refractivity contribution in [1.29, 1.82) is 0 Å². The first kappa shape index (κ1) is 19.4. The molecule has 6 nitrogen and oxygen atoms in total. The molecule has 1 aliphatic rings. The number of carbonyl (C=O) groups excluding carboxylic acids is 1. The summed E-state index contributed by atoms with van der Waals surface area (Å²) in [6, 6.07) is 15.2. The van der Waals surface area contributed by atoms with E-state index >= 15 is 0 Å². The summed E-state index contributed by atoms with van der Waals surface area (Å²) in [5.41, 5.74) is 0.526. The third-order valence-corrected chi connectivity index (χ3v) is 6.04. The highest BCUT2D eigenvalue weighted by Gasteiger charge is 2.18. The highest BCUT2D eigenvalue weighted by atomic mass is 32.2. The summed E-state index contributed by atoms with van der Waals surface area (Å²) in [7, 11) is -3.49. The molecule has 1 amide bonds. The maximum absolute atomic E-state index is 12.3. The molecule has 0 bridgehead atoms. The standard InChI is InChI=1S/C20H23NO5S/c22-20(12-14-27(23,24)17-8-2-1-3-9-17)21-18-10-4-5-11-19(18)26-15-16-7-6-13-25-16/h1-5,8-11,16H,6-7,12-15H2,(H,21,22). The van der Waals surface area contributed by atoms with Gasteiger partial charge in [0.15, 0.2) is 9.84 Å². The van der Waals surface area contributed by atoms with Gasteiger partial charge in [0, 0.05) is 13.0 Å². The molecule has 1 heterocycles. The van der Waals surface area contributed by atoms with Gasteiger partial charge in [-0.05, 0) is 37.1 Å². The van der Waals surface area contributed by atoms with E-state index in [1.54, 1.807) is 36.4 Å². The molecule has 1 fully saturated rings. The average molecular weight is 389 g/mol. The van der Waals surface area contributed by atoms with Crippen molar-refractivity contribution in [3.8, 4) is 5.75 Å². The molecule has 0 radical (unpaired) electrons. The Hall–Kier alpha value is -2.38. The fourth-order valence-electron chi connectivity index (χ4n) is 2.84. The maximum atomic E-state index is 12.3. The molecule has 2 aromatic carbocycles. The highest BCUT2D eigenvalue weighted by molar-refractivity contribution is 7.91. The molecule has 1 aliphatic heterocycles. The second-order valence-corrected chi connectivity index (χ2v) is 8.48. The van der Waals surface area contributed by atoms with E-state index < -0.39 is 9.84 Å². The SMILES string of the molecule is O=C(CCS(=O)(=O)c1ccccc1)Nc1ccccc1OCC1CCCO1. The molecule has 0 spiro atoms. The van der Waals surface area contributed by atoms with Crippen molar-refractivity contribution in [2.75, 3.05) is 24.3 Å². The topological polar surface area (TPSA) is 81.7 Å². The molecule has 144 valence electrons. The van der Waals surface area contributed by atoms with Crippen LogP contribution in [0.1, 0.15) is 19.3 Å². The van der Waals surface area contributed by atoms with Crippen LogP contribution in [0.4, 0.5) is 5.69 Å². The Labute approximate surface area is 159 Å². The normalized spacial score (nSPS) is 16.8. The number of para-hydroxylation sites is 2. The zero-order chi connectivity index (χ0) is 19.1. The Morgan fingerprint density at radius 3 is 2.59 bits per heavy atom. The van der Waals surface area contributed by atoms with E-state index in [2.05, 4.69) is 5.32 Å². The van der Waals surface area contributed by atoms with E-state index in [1.165, 1.54) is 12.1 Å². The van der Waals surface area contributed by atoms with E-state index in [9.17, 15) is 13.2 Å². The molecule has 0 saturated carbocycles. The van der Waals surface area contributed by atoms with Crippen LogP contribution in [0.25, 0.3) is 0 Å². The molecular formula is C20H23NO5S. The Bertz CT molecular complexity index is 861. The minimum absolute atomic E-state index is 0.0739. The van der Waals surface area contributed by atoms with Crippen molar-refractivity contribution >= 4 is 21.4 Å². The lowest BCUT2D eigenvalue weighted by molar-refractivity contribution is -0.115. The lowest BCUT2D eigenvalue weighted by Crippen LogP contribution is -2.19. The van der Waals surface area contributed by atoms with Gasteiger partial charge in [-0.25, -0.2) is 8.42 Å². The lowest BCUT2D eigenvalue weighted by Gasteiger charge is -2.15. The Morgan fingerprint density at radius 2 is 1.85 bits per heavy atom. The van der Waals surface area contributed by atoms with Gasteiger partial charge in [-0.15, -0.1) is 0 Å². The van der Waals surface area contributed by atoms with Crippen LogP contribution in [0.2, 0.25) is 0 Å². The van der Waals surface area contributed by atoms with Crippen molar-refractivity contribution in [2.45, 2.75) is 30.3 Å². The van der Waals surface area contributed by atoms with E-state index in [0.717, 1.165) is 19.4 Å². The van der Waals surface area contributed by atoms with Crippen LogP contribution < -0.4 is 10.1 Å².